The monoisotopic (exact) mass is 329 g/mol. The van der Waals surface area contributed by atoms with Crippen molar-refractivity contribution in [3.8, 4) is 0 Å². The van der Waals surface area contributed by atoms with Gasteiger partial charge < -0.3 is 10.1 Å². The zero-order chi connectivity index (χ0) is 13.0. The normalized spacial score (nSPS) is 19.3. The van der Waals surface area contributed by atoms with Crippen molar-refractivity contribution in [2.75, 3.05) is 26.0 Å². The first kappa shape index (κ1) is 13.9. The maximum atomic E-state index is 11.2. The summed E-state index contributed by atoms with van der Waals surface area (Å²) in [6.45, 7) is 1.49. The molecular weight excluding hydrogens is 314 g/mol. The Bertz CT molecular complexity index is 427. The van der Waals surface area contributed by atoms with E-state index in [-0.39, 0.29) is 10.8 Å². The molecule has 0 saturated carbocycles. The molecule has 98 valence electrons. The van der Waals surface area contributed by atoms with Crippen LogP contribution in [0.25, 0.3) is 0 Å². The van der Waals surface area contributed by atoms with Gasteiger partial charge in [0, 0.05) is 29.7 Å². The summed E-state index contributed by atoms with van der Waals surface area (Å²) in [4.78, 5) is 12.3. The average Bonchev–Trinajstić information content (AvgIpc) is 2.81. The number of benzene rings is 1. The molecule has 1 N–H and O–H groups in total. The van der Waals surface area contributed by atoms with Crippen LogP contribution in [-0.4, -0.2) is 36.7 Å². The van der Waals surface area contributed by atoms with Crippen LogP contribution in [-0.2, 0) is 9.53 Å². The Balaban J connectivity index is 1.81. The third-order valence-electron chi connectivity index (χ3n) is 2.97. The van der Waals surface area contributed by atoms with Crippen LogP contribution in [0.3, 0.4) is 0 Å². The van der Waals surface area contributed by atoms with Crippen molar-refractivity contribution in [1.82, 2.24) is 5.32 Å². The number of alkyl halides is 1. The Morgan fingerprint density at radius 2 is 2.39 bits per heavy atom. The predicted molar refractivity (Wildman–Crippen MR) is 77.5 cm³/mol. The molecule has 1 aromatic rings. The van der Waals surface area contributed by atoms with Crippen molar-refractivity contribution < 1.29 is 9.53 Å². The second-order valence-corrected chi connectivity index (χ2v) is 6.36. The Morgan fingerprint density at radius 1 is 1.61 bits per heavy atom. The van der Waals surface area contributed by atoms with E-state index in [1.54, 1.807) is 0 Å². The van der Waals surface area contributed by atoms with Gasteiger partial charge in [0.1, 0.15) is 4.83 Å². The van der Waals surface area contributed by atoms with Crippen LogP contribution in [0.5, 0.6) is 0 Å². The molecule has 0 aliphatic carbocycles. The number of carbonyl (C=O) groups excluding carboxylic acids is 1. The second-order valence-electron chi connectivity index (χ2n) is 4.19. The standard InChI is InChI=1S/C13H16BrNO2S/c1-17-13(16)11(14)7-15-6-9-8-18-12-5-3-2-4-10(9)12/h2-5,9,11,15H,6-8H2,1H3. The Hall–Kier alpha value is -0.520. The number of methoxy groups -OCH3 is 1. The number of rotatable bonds is 5. The summed E-state index contributed by atoms with van der Waals surface area (Å²) in [5, 5.41) is 3.32. The highest BCUT2D eigenvalue weighted by Crippen LogP contribution is 2.38. The van der Waals surface area contributed by atoms with Gasteiger partial charge in [-0.25, -0.2) is 0 Å². The molecule has 1 aromatic carbocycles. The molecule has 1 heterocycles. The minimum absolute atomic E-state index is 0.233. The second kappa shape index (κ2) is 6.59. The molecule has 0 spiro atoms. The molecular formula is C13H16BrNO2S. The minimum Gasteiger partial charge on any atom is -0.468 e. The van der Waals surface area contributed by atoms with E-state index >= 15 is 0 Å². The third kappa shape index (κ3) is 3.28. The summed E-state index contributed by atoms with van der Waals surface area (Å²) in [6, 6.07) is 8.52. The molecule has 0 aromatic heterocycles. The SMILES string of the molecule is COC(=O)C(Br)CNCC1CSc2ccccc21. The molecule has 1 aliphatic heterocycles. The van der Waals surface area contributed by atoms with Crippen LogP contribution < -0.4 is 5.32 Å². The first-order valence-corrected chi connectivity index (χ1v) is 7.77. The van der Waals surface area contributed by atoms with E-state index in [2.05, 4.69) is 50.2 Å². The summed E-state index contributed by atoms with van der Waals surface area (Å²) in [5.41, 5.74) is 1.42. The molecule has 0 amide bonds. The third-order valence-corrected chi connectivity index (χ3v) is 4.92. The van der Waals surface area contributed by atoms with Gasteiger partial charge in [-0.1, -0.05) is 34.1 Å². The molecule has 2 rings (SSSR count). The summed E-state index contributed by atoms with van der Waals surface area (Å²) >= 11 is 5.20. The van der Waals surface area contributed by atoms with Gasteiger partial charge in [0.05, 0.1) is 7.11 Å². The number of fused-ring (bicyclic) bond motifs is 1. The highest BCUT2D eigenvalue weighted by atomic mass is 79.9. The topological polar surface area (TPSA) is 38.3 Å². The average molecular weight is 330 g/mol. The van der Waals surface area contributed by atoms with Gasteiger partial charge in [-0.15, -0.1) is 11.8 Å². The van der Waals surface area contributed by atoms with Gasteiger partial charge in [-0.3, -0.25) is 4.79 Å². The molecule has 18 heavy (non-hydrogen) atoms. The van der Waals surface area contributed by atoms with Gasteiger partial charge in [-0.05, 0) is 11.6 Å². The zero-order valence-electron chi connectivity index (χ0n) is 10.2. The largest absolute Gasteiger partial charge is 0.468 e. The molecule has 2 unspecified atom stereocenters. The highest BCUT2D eigenvalue weighted by Gasteiger charge is 2.23. The lowest BCUT2D eigenvalue weighted by atomic mass is 10.0. The van der Waals surface area contributed by atoms with E-state index in [0.717, 1.165) is 12.3 Å². The number of hydrogen-bond donors (Lipinski definition) is 1. The molecule has 0 saturated heterocycles. The van der Waals surface area contributed by atoms with Crippen molar-refractivity contribution in [3.05, 3.63) is 29.8 Å². The number of hydrogen-bond acceptors (Lipinski definition) is 4. The van der Waals surface area contributed by atoms with E-state index in [9.17, 15) is 4.79 Å². The number of thioether (sulfide) groups is 1. The molecule has 3 nitrogen and oxygen atoms in total. The maximum Gasteiger partial charge on any atom is 0.320 e. The van der Waals surface area contributed by atoms with Gasteiger partial charge in [-0.2, -0.15) is 0 Å². The quantitative estimate of drug-likeness (QED) is 0.665. The maximum absolute atomic E-state index is 11.2. The van der Waals surface area contributed by atoms with Gasteiger partial charge in [0.25, 0.3) is 0 Å². The van der Waals surface area contributed by atoms with Crippen LogP contribution in [0.2, 0.25) is 0 Å². The summed E-state index contributed by atoms with van der Waals surface area (Å²) in [7, 11) is 1.40. The minimum atomic E-state index is -0.271. The number of halogens is 1. The first-order chi connectivity index (χ1) is 8.72. The predicted octanol–water partition coefficient (Wildman–Crippen LogP) is 2.40. The fraction of sp³-hybridized carbons (Fsp3) is 0.462. The number of ether oxygens (including phenoxy) is 1. The number of nitrogens with one attached hydrogen (secondary N) is 1. The van der Waals surface area contributed by atoms with E-state index in [4.69, 9.17) is 0 Å². The fourth-order valence-corrected chi connectivity index (χ4v) is 3.66. The fourth-order valence-electron chi connectivity index (χ4n) is 1.99. The zero-order valence-corrected chi connectivity index (χ0v) is 12.6. The number of esters is 1. The Kier molecular flexibility index (Phi) is 5.09. The first-order valence-electron chi connectivity index (χ1n) is 5.86. The van der Waals surface area contributed by atoms with Crippen molar-refractivity contribution in [3.63, 3.8) is 0 Å². The van der Waals surface area contributed by atoms with Crippen molar-refractivity contribution in [1.29, 1.82) is 0 Å². The van der Waals surface area contributed by atoms with Crippen molar-refractivity contribution >= 4 is 33.7 Å². The summed E-state index contributed by atoms with van der Waals surface area (Å²) in [5.74, 6) is 1.41. The molecule has 1 aliphatic rings. The van der Waals surface area contributed by atoms with Gasteiger partial charge in [0.15, 0.2) is 0 Å². The lowest BCUT2D eigenvalue weighted by Crippen LogP contribution is -2.32. The molecule has 0 fully saturated rings. The summed E-state index contributed by atoms with van der Waals surface area (Å²) < 4.78 is 4.66. The van der Waals surface area contributed by atoms with Gasteiger partial charge in [0.2, 0.25) is 0 Å². The van der Waals surface area contributed by atoms with E-state index < -0.39 is 0 Å². The van der Waals surface area contributed by atoms with E-state index in [1.807, 2.05) is 11.8 Å². The van der Waals surface area contributed by atoms with Crippen LogP contribution in [0.15, 0.2) is 29.2 Å². The van der Waals surface area contributed by atoms with Crippen LogP contribution >= 0.6 is 27.7 Å². The molecule has 2 atom stereocenters. The Morgan fingerprint density at radius 3 is 3.17 bits per heavy atom. The lowest BCUT2D eigenvalue weighted by molar-refractivity contribution is -0.139. The van der Waals surface area contributed by atoms with Crippen LogP contribution in [0, 0.1) is 0 Å². The van der Waals surface area contributed by atoms with Crippen molar-refractivity contribution in [2.45, 2.75) is 15.6 Å². The highest BCUT2D eigenvalue weighted by molar-refractivity contribution is 9.10. The van der Waals surface area contributed by atoms with E-state index in [1.165, 1.54) is 17.6 Å². The van der Waals surface area contributed by atoms with E-state index in [0.29, 0.717) is 12.5 Å². The molecule has 0 radical (unpaired) electrons. The lowest BCUT2D eigenvalue weighted by Gasteiger charge is -2.13. The smallest absolute Gasteiger partial charge is 0.320 e. The summed E-state index contributed by atoms with van der Waals surface area (Å²) in [6.07, 6.45) is 0. The molecule has 5 heteroatoms. The van der Waals surface area contributed by atoms with Crippen LogP contribution in [0.4, 0.5) is 0 Å². The van der Waals surface area contributed by atoms with Gasteiger partial charge >= 0.3 is 5.97 Å². The van der Waals surface area contributed by atoms with Crippen molar-refractivity contribution in [2.24, 2.45) is 0 Å². The molecule has 0 bridgehead atoms. The van der Waals surface area contributed by atoms with Crippen LogP contribution in [0.1, 0.15) is 11.5 Å². The number of carbonyl (C=O) groups is 1. The Labute approximate surface area is 120 Å².